The lowest BCUT2D eigenvalue weighted by Gasteiger charge is -2.22. The number of aryl methyl sites for hydroxylation is 1. The van der Waals surface area contributed by atoms with Gasteiger partial charge in [-0.15, -0.1) is 11.3 Å². The zero-order valence-electron chi connectivity index (χ0n) is 13.9. The van der Waals surface area contributed by atoms with Gasteiger partial charge in [0.15, 0.2) is 0 Å². The van der Waals surface area contributed by atoms with E-state index in [1.54, 1.807) is 11.3 Å². The van der Waals surface area contributed by atoms with Crippen molar-refractivity contribution in [1.29, 1.82) is 0 Å². The third-order valence-corrected chi connectivity index (χ3v) is 4.94. The van der Waals surface area contributed by atoms with Crippen molar-refractivity contribution in [3.63, 3.8) is 0 Å². The number of thiazole rings is 1. The van der Waals surface area contributed by atoms with Crippen molar-refractivity contribution < 1.29 is 0 Å². The van der Waals surface area contributed by atoms with Gasteiger partial charge in [-0.3, -0.25) is 0 Å². The molecule has 2 aromatic rings. The average Bonchev–Trinajstić information content (AvgIpc) is 2.84. The smallest absolute Gasteiger partial charge is 0.0897 e. The summed E-state index contributed by atoms with van der Waals surface area (Å²) in [5, 5.41) is 4.78. The van der Waals surface area contributed by atoms with Gasteiger partial charge in [-0.1, -0.05) is 45.0 Å². The van der Waals surface area contributed by atoms with Gasteiger partial charge in [0.2, 0.25) is 0 Å². The highest BCUT2D eigenvalue weighted by Gasteiger charge is 2.16. The Morgan fingerprint density at radius 3 is 2.14 bits per heavy atom. The molecule has 1 N–H and O–H groups in total. The van der Waals surface area contributed by atoms with Crippen LogP contribution < -0.4 is 5.32 Å². The summed E-state index contributed by atoms with van der Waals surface area (Å²) in [5.74, 6) is 0. The third kappa shape index (κ3) is 4.14. The summed E-state index contributed by atoms with van der Waals surface area (Å²) in [6, 6.07) is 9.63. The van der Waals surface area contributed by atoms with Crippen LogP contribution in [-0.2, 0) is 5.41 Å². The van der Waals surface area contributed by atoms with Crippen molar-refractivity contribution in [1.82, 2.24) is 10.3 Å². The van der Waals surface area contributed by atoms with Crippen molar-refractivity contribution in [2.45, 2.75) is 59.0 Å². The van der Waals surface area contributed by atoms with Crippen LogP contribution in [0.15, 0.2) is 30.5 Å². The maximum atomic E-state index is 4.33. The molecular weight excluding hydrogens is 276 g/mol. The number of hydrogen-bond acceptors (Lipinski definition) is 3. The molecule has 0 bridgehead atoms. The van der Waals surface area contributed by atoms with Crippen molar-refractivity contribution >= 4 is 11.3 Å². The minimum atomic E-state index is 0.211. The molecule has 2 nitrogen and oxygen atoms in total. The summed E-state index contributed by atoms with van der Waals surface area (Å²) in [6.07, 6.45) is 1.98. The lowest BCUT2D eigenvalue weighted by Crippen LogP contribution is -2.22. The molecule has 1 aromatic heterocycles. The second kappa shape index (κ2) is 6.29. The Kier molecular flexibility index (Phi) is 4.84. The Labute approximate surface area is 132 Å². The first-order valence-corrected chi connectivity index (χ1v) is 8.38. The number of hydrogen-bond donors (Lipinski definition) is 1. The van der Waals surface area contributed by atoms with Gasteiger partial charge in [0.05, 0.1) is 5.01 Å². The molecule has 0 saturated heterocycles. The first kappa shape index (κ1) is 16.2. The van der Waals surface area contributed by atoms with Gasteiger partial charge in [0.1, 0.15) is 0 Å². The first-order valence-electron chi connectivity index (χ1n) is 7.56. The van der Waals surface area contributed by atoms with Gasteiger partial charge in [-0.25, -0.2) is 4.98 Å². The minimum Gasteiger partial charge on any atom is -0.303 e. The standard InChI is InChI=1S/C18H26N2S/c1-12(20-13(2)17-11-19-14(3)21-17)15-7-9-16(10-8-15)18(4,5)6/h7-13,20H,1-6H3/t12-,13-/m1/s1. The Morgan fingerprint density at radius 2 is 1.67 bits per heavy atom. The molecule has 0 aliphatic rings. The number of nitrogens with one attached hydrogen (secondary N) is 1. The summed E-state index contributed by atoms with van der Waals surface area (Å²) in [5.41, 5.74) is 2.92. The van der Waals surface area contributed by atoms with E-state index in [0.717, 1.165) is 5.01 Å². The molecule has 1 heterocycles. The number of rotatable bonds is 4. The molecular formula is C18H26N2S. The van der Waals surface area contributed by atoms with Crippen LogP contribution in [-0.4, -0.2) is 4.98 Å². The normalized spacial score (nSPS) is 15.0. The van der Waals surface area contributed by atoms with Crippen LogP contribution in [0, 0.1) is 6.92 Å². The van der Waals surface area contributed by atoms with E-state index in [1.165, 1.54) is 16.0 Å². The van der Waals surface area contributed by atoms with Crippen molar-refractivity contribution in [2.75, 3.05) is 0 Å². The predicted molar refractivity (Wildman–Crippen MR) is 92.0 cm³/mol. The molecule has 3 heteroatoms. The molecule has 0 spiro atoms. The summed E-state index contributed by atoms with van der Waals surface area (Å²) in [4.78, 5) is 5.63. The van der Waals surface area contributed by atoms with E-state index >= 15 is 0 Å². The van der Waals surface area contributed by atoms with Crippen molar-refractivity contribution in [3.05, 3.63) is 51.5 Å². The largest absolute Gasteiger partial charge is 0.303 e. The van der Waals surface area contributed by atoms with E-state index in [4.69, 9.17) is 0 Å². The van der Waals surface area contributed by atoms with Gasteiger partial charge in [0.25, 0.3) is 0 Å². The lowest BCUT2D eigenvalue weighted by atomic mass is 9.86. The van der Waals surface area contributed by atoms with Crippen LogP contribution in [0.25, 0.3) is 0 Å². The van der Waals surface area contributed by atoms with Crippen LogP contribution >= 0.6 is 11.3 Å². The zero-order chi connectivity index (χ0) is 15.6. The van der Waals surface area contributed by atoms with E-state index in [9.17, 15) is 0 Å². The third-order valence-electron chi connectivity index (χ3n) is 3.84. The summed E-state index contributed by atoms with van der Waals surface area (Å²) in [7, 11) is 0. The van der Waals surface area contributed by atoms with E-state index in [2.05, 4.69) is 76.1 Å². The zero-order valence-corrected chi connectivity index (χ0v) is 14.7. The Balaban J connectivity index is 2.04. The molecule has 2 atom stereocenters. The van der Waals surface area contributed by atoms with Crippen molar-refractivity contribution in [2.24, 2.45) is 0 Å². The second-order valence-corrected chi connectivity index (χ2v) is 8.03. The Hall–Kier alpha value is -1.19. The number of aromatic nitrogens is 1. The maximum absolute atomic E-state index is 4.33. The number of nitrogens with zero attached hydrogens (tertiary/aromatic N) is 1. The lowest BCUT2D eigenvalue weighted by molar-refractivity contribution is 0.499. The molecule has 0 saturated carbocycles. The van der Waals surface area contributed by atoms with E-state index < -0.39 is 0 Å². The maximum Gasteiger partial charge on any atom is 0.0897 e. The molecule has 0 amide bonds. The van der Waals surface area contributed by atoms with E-state index in [1.807, 2.05) is 6.20 Å². The van der Waals surface area contributed by atoms with Crippen LogP contribution in [0.5, 0.6) is 0 Å². The fourth-order valence-electron chi connectivity index (χ4n) is 2.40. The molecule has 0 fully saturated rings. The van der Waals surface area contributed by atoms with Gasteiger partial charge in [0, 0.05) is 23.2 Å². The van der Waals surface area contributed by atoms with Crippen LogP contribution in [0.1, 0.15) is 67.7 Å². The molecule has 0 aliphatic carbocycles. The summed E-state index contributed by atoms with van der Waals surface area (Å²) in [6.45, 7) is 13.2. The highest BCUT2D eigenvalue weighted by Crippen LogP contribution is 2.26. The molecule has 0 radical (unpaired) electrons. The Morgan fingerprint density at radius 1 is 1.05 bits per heavy atom. The minimum absolute atomic E-state index is 0.211. The second-order valence-electron chi connectivity index (χ2n) is 6.76. The first-order chi connectivity index (χ1) is 9.77. The van der Waals surface area contributed by atoms with Crippen LogP contribution in [0.3, 0.4) is 0 Å². The molecule has 1 aromatic carbocycles. The fourth-order valence-corrected chi connectivity index (χ4v) is 3.20. The van der Waals surface area contributed by atoms with Gasteiger partial charge >= 0.3 is 0 Å². The SMILES string of the molecule is Cc1ncc([C@@H](C)N[C@H](C)c2ccc(C(C)(C)C)cc2)s1. The van der Waals surface area contributed by atoms with Gasteiger partial charge in [-0.2, -0.15) is 0 Å². The van der Waals surface area contributed by atoms with Crippen molar-refractivity contribution in [3.8, 4) is 0 Å². The summed E-state index contributed by atoms with van der Waals surface area (Å²) >= 11 is 1.77. The summed E-state index contributed by atoms with van der Waals surface area (Å²) < 4.78 is 0. The number of benzene rings is 1. The van der Waals surface area contributed by atoms with E-state index in [-0.39, 0.29) is 5.41 Å². The van der Waals surface area contributed by atoms with Crippen LogP contribution in [0.2, 0.25) is 0 Å². The molecule has 2 rings (SSSR count). The predicted octanol–water partition coefficient (Wildman–Crippen LogP) is 5.16. The molecule has 0 unspecified atom stereocenters. The Bertz CT molecular complexity index is 578. The van der Waals surface area contributed by atoms with E-state index in [0.29, 0.717) is 12.1 Å². The highest BCUT2D eigenvalue weighted by molar-refractivity contribution is 7.11. The molecule has 21 heavy (non-hydrogen) atoms. The highest BCUT2D eigenvalue weighted by atomic mass is 32.1. The molecule has 0 aliphatic heterocycles. The monoisotopic (exact) mass is 302 g/mol. The topological polar surface area (TPSA) is 24.9 Å². The molecule has 114 valence electrons. The van der Waals surface area contributed by atoms with Gasteiger partial charge in [-0.05, 0) is 37.3 Å². The quantitative estimate of drug-likeness (QED) is 0.843. The average molecular weight is 302 g/mol. The van der Waals surface area contributed by atoms with Gasteiger partial charge < -0.3 is 5.32 Å². The fraction of sp³-hybridized carbons (Fsp3) is 0.500. The van der Waals surface area contributed by atoms with Crippen LogP contribution in [0.4, 0.5) is 0 Å².